The van der Waals surface area contributed by atoms with Gasteiger partial charge in [-0.05, 0) is 12.8 Å². The van der Waals surface area contributed by atoms with E-state index in [4.69, 9.17) is 0 Å². The van der Waals surface area contributed by atoms with Crippen LogP contribution in [0.15, 0.2) is 0 Å². The first-order valence-corrected chi connectivity index (χ1v) is 5.82. The molecule has 0 aromatic carbocycles. The van der Waals surface area contributed by atoms with Crippen molar-refractivity contribution in [1.82, 2.24) is 0 Å². The van der Waals surface area contributed by atoms with Gasteiger partial charge in [-0.1, -0.05) is 40.0 Å². The number of aliphatic hydroxyl groups excluding tert-OH is 1. The number of rotatable bonds is 8. The number of hydrogen-bond acceptors (Lipinski definition) is 2. The Labute approximate surface area is 87.7 Å². The fourth-order valence-corrected chi connectivity index (χ4v) is 1.39. The third-order valence-electron chi connectivity index (χ3n) is 2.74. The average molecular weight is 200 g/mol. The summed E-state index contributed by atoms with van der Waals surface area (Å²) in [6.45, 7) is 6.07. The number of carbonyl (C=O) groups excluding carboxylic acids is 1. The molecule has 0 radical (unpaired) electrons. The van der Waals surface area contributed by atoms with Gasteiger partial charge in [-0.25, -0.2) is 0 Å². The van der Waals surface area contributed by atoms with E-state index in [1.54, 1.807) is 0 Å². The maximum atomic E-state index is 11.5. The summed E-state index contributed by atoms with van der Waals surface area (Å²) in [5.41, 5.74) is 0. The summed E-state index contributed by atoms with van der Waals surface area (Å²) in [7, 11) is 0. The summed E-state index contributed by atoms with van der Waals surface area (Å²) in [6, 6.07) is 0. The second-order valence-electron chi connectivity index (χ2n) is 4.13. The molecule has 14 heavy (non-hydrogen) atoms. The summed E-state index contributed by atoms with van der Waals surface area (Å²) < 4.78 is 0. The summed E-state index contributed by atoms with van der Waals surface area (Å²) in [5.74, 6) is 0.312. The minimum absolute atomic E-state index is 0.107. The molecule has 0 aliphatic carbocycles. The highest BCUT2D eigenvalue weighted by Crippen LogP contribution is 2.11. The molecule has 0 saturated carbocycles. The predicted molar refractivity (Wildman–Crippen MR) is 59.2 cm³/mol. The van der Waals surface area contributed by atoms with E-state index in [0.29, 0.717) is 6.42 Å². The Bertz CT molecular complexity index is 154. The molecule has 1 N–H and O–H groups in total. The first-order chi connectivity index (χ1) is 6.61. The van der Waals surface area contributed by atoms with Crippen molar-refractivity contribution < 1.29 is 9.90 Å². The smallest absolute Gasteiger partial charge is 0.138 e. The zero-order valence-corrected chi connectivity index (χ0v) is 9.75. The van der Waals surface area contributed by atoms with Crippen LogP contribution >= 0.6 is 0 Å². The van der Waals surface area contributed by atoms with Gasteiger partial charge in [0.05, 0.1) is 6.10 Å². The van der Waals surface area contributed by atoms with E-state index in [1.165, 1.54) is 0 Å². The van der Waals surface area contributed by atoms with Gasteiger partial charge in [0.25, 0.3) is 0 Å². The van der Waals surface area contributed by atoms with Crippen LogP contribution in [0.2, 0.25) is 0 Å². The van der Waals surface area contributed by atoms with E-state index in [-0.39, 0.29) is 11.7 Å². The monoisotopic (exact) mass is 200 g/mol. The van der Waals surface area contributed by atoms with Crippen LogP contribution < -0.4 is 0 Å². The van der Waals surface area contributed by atoms with E-state index >= 15 is 0 Å². The normalized spacial score (nSPS) is 15.1. The van der Waals surface area contributed by atoms with Crippen LogP contribution in [0.4, 0.5) is 0 Å². The van der Waals surface area contributed by atoms with Crippen LogP contribution in [0.1, 0.15) is 59.3 Å². The quantitative estimate of drug-likeness (QED) is 0.612. The standard InChI is InChI=1S/C12H24O2/c1-4-6-7-8-11(13)9-12(14)10(3)5-2/h10-11,13H,4-9H2,1-3H3. The molecule has 2 atom stereocenters. The molecule has 0 saturated heterocycles. The Morgan fingerprint density at radius 3 is 2.43 bits per heavy atom. The Morgan fingerprint density at radius 2 is 1.93 bits per heavy atom. The third-order valence-corrected chi connectivity index (χ3v) is 2.74. The van der Waals surface area contributed by atoms with Gasteiger partial charge < -0.3 is 5.11 Å². The van der Waals surface area contributed by atoms with Gasteiger partial charge in [-0.2, -0.15) is 0 Å². The average Bonchev–Trinajstić information content (AvgIpc) is 2.16. The van der Waals surface area contributed by atoms with Gasteiger partial charge in [0.1, 0.15) is 5.78 Å². The number of Topliss-reactive ketones (excluding diaryl/α,β-unsaturated/α-hetero) is 1. The molecule has 2 heteroatoms. The molecule has 0 aromatic heterocycles. The topological polar surface area (TPSA) is 37.3 Å². The van der Waals surface area contributed by atoms with Crippen LogP contribution in [0.25, 0.3) is 0 Å². The highest BCUT2D eigenvalue weighted by Gasteiger charge is 2.15. The minimum Gasteiger partial charge on any atom is -0.393 e. The fourth-order valence-electron chi connectivity index (χ4n) is 1.39. The molecule has 2 nitrogen and oxygen atoms in total. The summed E-state index contributed by atoms with van der Waals surface area (Å²) in [5, 5.41) is 9.57. The number of carbonyl (C=O) groups is 1. The molecule has 0 aromatic rings. The second kappa shape index (κ2) is 7.98. The first-order valence-electron chi connectivity index (χ1n) is 5.82. The number of ketones is 1. The lowest BCUT2D eigenvalue weighted by molar-refractivity contribution is -0.124. The zero-order valence-electron chi connectivity index (χ0n) is 9.75. The molecule has 0 aliphatic rings. The van der Waals surface area contributed by atoms with Gasteiger partial charge >= 0.3 is 0 Å². The summed E-state index contributed by atoms with van der Waals surface area (Å²) in [6.07, 6.45) is 4.92. The Morgan fingerprint density at radius 1 is 1.29 bits per heavy atom. The van der Waals surface area contributed by atoms with Gasteiger partial charge in [-0.15, -0.1) is 0 Å². The van der Waals surface area contributed by atoms with Crippen molar-refractivity contribution in [2.75, 3.05) is 0 Å². The largest absolute Gasteiger partial charge is 0.393 e. The molecule has 0 bridgehead atoms. The molecule has 0 rings (SSSR count). The second-order valence-corrected chi connectivity index (χ2v) is 4.13. The Hall–Kier alpha value is -0.370. The SMILES string of the molecule is CCCCCC(O)CC(=O)C(C)CC. The molecule has 2 unspecified atom stereocenters. The van der Waals surface area contributed by atoms with E-state index in [2.05, 4.69) is 6.92 Å². The van der Waals surface area contributed by atoms with Crippen molar-refractivity contribution in [2.45, 2.75) is 65.4 Å². The third kappa shape index (κ3) is 6.14. The minimum atomic E-state index is -0.414. The lowest BCUT2D eigenvalue weighted by Crippen LogP contribution is -2.18. The van der Waals surface area contributed by atoms with Crippen molar-refractivity contribution in [3.8, 4) is 0 Å². The number of aliphatic hydroxyl groups is 1. The van der Waals surface area contributed by atoms with Crippen LogP contribution in [-0.2, 0) is 4.79 Å². The first kappa shape index (κ1) is 13.6. The maximum Gasteiger partial charge on any atom is 0.138 e. The number of unbranched alkanes of at least 4 members (excludes halogenated alkanes) is 2. The van der Waals surface area contributed by atoms with E-state index < -0.39 is 6.10 Å². The molecular formula is C12H24O2. The zero-order chi connectivity index (χ0) is 11.0. The Kier molecular flexibility index (Phi) is 7.77. The summed E-state index contributed by atoms with van der Waals surface area (Å²) in [4.78, 5) is 11.5. The molecular weight excluding hydrogens is 176 g/mol. The fraction of sp³-hybridized carbons (Fsp3) is 0.917. The van der Waals surface area contributed by atoms with Crippen LogP contribution in [0.3, 0.4) is 0 Å². The van der Waals surface area contributed by atoms with Crippen molar-refractivity contribution in [3.05, 3.63) is 0 Å². The lowest BCUT2D eigenvalue weighted by Gasteiger charge is -2.12. The van der Waals surface area contributed by atoms with E-state index in [9.17, 15) is 9.90 Å². The van der Waals surface area contributed by atoms with Crippen molar-refractivity contribution >= 4 is 5.78 Å². The van der Waals surface area contributed by atoms with E-state index in [1.807, 2.05) is 13.8 Å². The van der Waals surface area contributed by atoms with Crippen molar-refractivity contribution in [2.24, 2.45) is 5.92 Å². The van der Waals surface area contributed by atoms with Gasteiger partial charge in [0, 0.05) is 12.3 Å². The summed E-state index contributed by atoms with van der Waals surface area (Å²) >= 11 is 0. The molecule has 84 valence electrons. The van der Waals surface area contributed by atoms with Crippen LogP contribution in [0, 0.1) is 5.92 Å². The van der Waals surface area contributed by atoms with Gasteiger partial charge in [0.2, 0.25) is 0 Å². The van der Waals surface area contributed by atoms with E-state index in [0.717, 1.165) is 32.1 Å². The van der Waals surface area contributed by atoms with Gasteiger partial charge in [-0.3, -0.25) is 4.79 Å². The van der Waals surface area contributed by atoms with Crippen LogP contribution in [0.5, 0.6) is 0 Å². The number of hydrogen-bond donors (Lipinski definition) is 1. The maximum absolute atomic E-state index is 11.5. The lowest BCUT2D eigenvalue weighted by atomic mass is 9.97. The highest BCUT2D eigenvalue weighted by molar-refractivity contribution is 5.80. The molecule has 0 fully saturated rings. The van der Waals surface area contributed by atoms with Gasteiger partial charge in [0.15, 0.2) is 0 Å². The van der Waals surface area contributed by atoms with Crippen LogP contribution in [-0.4, -0.2) is 17.0 Å². The Balaban J connectivity index is 3.60. The highest BCUT2D eigenvalue weighted by atomic mass is 16.3. The molecule has 0 aliphatic heterocycles. The molecule has 0 heterocycles. The molecule has 0 amide bonds. The van der Waals surface area contributed by atoms with Crippen molar-refractivity contribution in [3.63, 3.8) is 0 Å². The predicted octanol–water partition coefficient (Wildman–Crippen LogP) is 2.93. The van der Waals surface area contributed by atoms with Crippen molar-refractivity contribution in [1.29, 1.82) is 0 Å². The molecule has 0 spiro atoms.